The summed E-state index contributed by atoms with van der Waals surface area (Å²) in [5.41, 5.74) is 4.94. The van der Waals surface area contributed by atoms with Crippen LogP contribution in [0.2, 0.25) is 0 Å². The average molecular weight is 297 g/mol. The van der Waals surface area contributed by atoms with Gasteiger partial charge in [-0.2, -0.15) is 5.10 Å². The third kappa shape index (κ3) is 2.50. The molecule has 1 N–H and O–H groups in total. The average Bonchev–Trinajstić information content (AvgIpc) is 3.02. The van der Waals surface area contributed by atoms with E-state index >= 15 is 0 Å². The Balaban J connectivity index is 1.86. The van der Waals surface area contributed by atoms with Crippen LogP contribution < -0.4 is 5.32 Å². The maximum absolute atomic E-state index is 12.4. The number of nitrogens with zero attached hydrogens (tertiary/aromatic N) is 2. The minimum atomic E-state index is -0.201. The van der Waals surface area contributed by atoms with Gasteiger partial charge in [0, 0.05) is 36.3 Å². The van der Waals surface area contributed by atoms with Crippen molar-refractivity contribution >= 4 is 16.9 Å². The molecule has 1 amide bonds. The summed E-state index contributed by atoms with van der Waals surface area (Å²) in [6.45, 7) is 6.44. The van der Waals surface area contributed by atoms with Gasteiger partial charge in [-0.3, -0.25) is 9.48 Å². The lowest BCUT2D eigenvalue weighted by Gasteiger charge is -2.01. The lowest BCUT2D eigenvalue weighted by Crippen LogP contribution is -2.22. The number of hydrogen-bond acceptors (Lipinski definition) is 3. The Morgan fingerprint density at radius 3 is 2.68 bits per heavy atom. The number of carbonyl (C=O) groups excluding carboxylic acids is 1. The van der Waals surface area contributed by atoms with Gasteiger partial charge in [-0.1, -0.05) is 0 Å². The Labute approximate surface area is 128 Å². The van der Waals surface area contributed by atoms with E-state index in [1.807, 2.05) is 33.2 Å². The van der Waals surface area contributed by atoms with Gasteiger partial charge < -0.3 is 9.73 Å². The molecule has 114 valence electrons. The molecule has 2 aromatic heterocycles. The molecule has 0 fully saturated rings. The number of carbonyl (C=O) groups is 1. The van der Waals surface area contributed by atoms with Gasteiger partial charge in [0.05, 0.1) is 6.20 Å². The summed E-state index contributed by atoms with van der Waals surface area (Å²) >= 11 is 0. The van der Waals surface area contributed by atoms with Crippen molar-refractivity contribution in [3.63, 3.8) is 0 Å². The van der Waals surface area contributed by atoms with E-state index in [9.17, 15) is 4.79 Å². The highest BCUT2D eigenvalue weighted by Gasteiger charge is 2.18. The third-order valence-electron chi connectivity index (χ3n) is 3.97. The van der Waals surface area contributed by atoms with Crippen LogP contribution in [0.25, 0.3) is 11.0 Å². The van der Waals surface area contributed by atoms with Gasteiger partial charge in [-0.15, -0.1) is 0 Å². The van der Waals surface area contributed by atoms with Crippen molar-refractivity contribution in [2.75, 3.05) is 0 Å². The third-order valence-corrected chi connectivity index (χ3v) is 3.97. The van der Waals surface area contributed by atoms with Crippen LogP contribution in [0.3, 0.4) is 0 Å². The summed E-state index contributed by atoms with van der Waals surface area (Å²) in [6.07, 6.45) is 3.61. The van der Waals surface area contributed by atoms with E-state index in [0.29, 0.717) is 12.3 Å². The van der Waals surface area contributed by atoms with E-state index in [1.54, 1.807) is 10.9 Å². The zero-order valence-electron chi connectivity index (χ0n) is 13.2. The van der Waals surface area contributed by atoms with Crippen molar-refractivity contribution in [2.45, 2.75) is 27.3 Å². The van der Waals surface area contributed by atoms with Crippen molar-refractivity contribution in [2.24, 2.45) is 7.05 Å². The second-order valence-corrected chi connectivity index (χ2v) is 5.69. The van der Waals surface area contributed by atoms with Crippen LogP contribution >= 0.6 is 0 Å². The van der Waals surface area contributed by atoms with Crippen LogP contribution in [0.15, 0.2) is 28.9 Å². The topological polar surface area (TPSA) is 60.1 Å². The van der Waals surface area contributed by atoms with E-state index in [-0.39, 0.29) is 5.91 Å². The maximum Gasteiger partial charge on any atom is 0.287 e. The molecule has 1 aromatic carbocycles. The normalized spacial score (nSPS) is 11.1. The van der Waals surface area contributed by atoms with Gasteiger partial charge in [0.15, 0.2) is 5.76 Å². The Morgan fingerprint density at radius 1 is 1.27 bits per heavy atom. The first-order chi connectivity index (χ1) is 10.5. The highest BCUT2D eigenvalue weighted by atomic mass is 16.3. The Kier molecular flexibility index (Phi) is 3.48. The monoisotopic (exact) mass is 297 g/mol. The summed E-state index contributed by atoms with van der Waals surface area (Å²) in [5, 5.41) is 7.95. The van der Waals surface area contributed by atoms with Crippen molar-refractivity contribution in [3.8, 4) is 0 Å². The van der Waals surface area contributed by atoms with E-state index in [0.717, 1.165) is 27.7 Å². The minimum Gasteiger partial charge on any atom is -0.451 e. The minimum absolute atomic E-state index is 0.201. The maximum atomic E-state index is 12.4. The van der Waals surface area contributed by atoms with Gasteiger partial charge in [0.25, 0.3) is 5.91 Å². The quantitative estimate of drug-likeness (QED) is 0.808. The molecule has 0 atom stereocenters. The first-order valence-corrected chi connectivity index (χ1v) is 7.22. The molecule has 0 spiro atoms. The fraction of sp³-hybridized carbons (Fsp3) is 0.294. The number of aryl methyl sites for hydroxylation is 4. The Hall–Kier alpha value is -2.56. The smallest absolute Gasteiger partial charge is 0.287 e. The molecule has 22 heavy (non-hydrogen) atoms. The molecule has 0 aliphatic carbocycles. The fourth-order valence-electron chi connectivity index (χ4n) is 2.52. The molecule has 0 saturated carbocycles. The Bertz CT molecular complexity index is 858. The second kappa shape index (κ2) is 5.33. The van der Waals surface area contributed by atoms with Crippen LogP contribution in [0.1, 0.15) is 32.8 Å². The zero-order valence-corrected chi connectivity index (χ0v) is 13.2. The highest BCUT2D eigenvalue weighted by molar-refractivity contribution is 5.99. The first-order valence-electron chi connectivity index (χ1n) is 7.22. The standard InChI is InChI=1S/C17H19N3O2/c1-10-5-14-12(3)16(22-15(14)6-11(10)2)17(21)18-7-13-8-19-20(4)9-13/h5-6,8-9H,7H2,1-4H3,(H,18,21). The SMILES string of the molecule is Cc1cc2oc(C(=O)NCc3cnn(C)c3)c(C)c2cc1C. The number of hydrogen-bond donors (Lipinski definition) is 1. The highest BCUT2D eigenvalue weighted by Crippen LogP contribution is 2.27. The number of rotatable bonds is 3. The van der Waals surface area contributed by atoms with Crippen LogP contribution in [0.4, 0.5) is 0 Å². The summed E-state index contributed by atoms with van der Waals surface area (Å²) in [4.78, 5) is 12.4. The van der Waals surface area contributed by atoms with Crippen LogP contribution in [-0.4, -0.2) is 15.7 Å². The number of furan rings is 1. The molecule has 3 aromatic rings. The molecule has 2 heterocycles. The van der Waals surface area contributed by atoms with Crippen LogP contribution in [-0.2, 0) is 13.6 Å². The molecule has 0 aliphatic heterocycles. The number of aromatic nitrogens is 2. The van der Waals surface area contributed by atoms with Crippen molar-refractivity contribution in [3.05, 3.63) is 52.5 Å². The number of benzene rings is 1. The van der Waals surface area contributed by atoms with E-state index in [1.165, 1.54) is 5.56 Å². The second-order valence-electron chi connectivity index (χ2n) is 5.69. The molecule has 5 nitrogen and oxygen atoms in total. The van der Waals surface area contributed by atoms with Crippen LogP contribution in [0, 0.1) is 20.8 Å². The molecule has 0 saturated heterocycles. The lowest BCUT2D eigenvalue weighted by molar-refractivity contribution is 0.0924. The zero-order chi connectivity index (χ0) is 15.9. The molecule has 0 radical (unpaired) electrons. The van der Waals surface area contributed by atoms with Gasteiger partial charge in [-0.05, 0) is 44.0 Å². The van der Waals surface area contributed by atoms with Crippen molar-refractivity contribution in [1.29, 1.82) is 0 Å². The van der Waals surface area contributed by atoms with Crippen LogP contribution in [0.5, 0.6) is 0 Å². The van der Waals surface area contributed by atoms with Gasteiger partial charge in [0.2, 0.25) is 0 Å². The van der Waals surface area contributed by atoms with E-state index in [2.05, 4.69) is 23.4 Å². The predicted octanol–water partition coefficient (Wildman–Crippen LogP) is 3.02. The summed E-state index contributed by atoms with van der Waals surface area (Å²) in [5.74, 6) is 0.178. The largest absolute Gasteiger partial charge is 0.451 e. The Morgan fingerprint density at radius 2 is 2.00 bits per heavy atom. The summed E-state index contributed by atoms with van der Waals surface area (Å²) in [7, 11) is 1.85. The molecule has 0 aliphatic rings. The van der Waals surface area contributed by atoms with Gasteiger partial charge in [0.1, 0.15) is 5.58 Å². The van der Waals surface area contributed by atoms with Crippen molar-refractivity contribution in [1.82, 2.24) is 15.1 Å². The molecular formula is C17H19N3O2. The summed E-state index contributed by atoms with van der Waals surface area (Å²) < 4.78 is 7.47. The van der Waals surface area contributed by atoms with Gasteiger partial charge in [-0.25, -0.2) is 0 Å². The van der Waals surface area contributed by atoms with Crippen molar-refractivity contribution < 1.29 is 9.21 Å². The van der Waals surface area contributed by atoms with E-state index in [4.69, 9.17) is 4.42 Å². The lowest BCUT2D eigenvalue weighted by atomic mass is 10.1. The number of amides is 1. The van der Waals surface area contributed by atoms with E-state index < -0.39 is 0 Å². The van der Waals surface area contributed by atoms with Gasteiger partial charge >= 0.3 is 0 Å². The number of fused-ring (bicyclic) bond motifs is 1. The molecule has 3 rings (SSSR count). The fourth-order valence-corrected chi connectivity index (χ4v) is 2.52. The molecule has 5 heteroatoms. The summed E-state index contributed by atoms with van der Waals surface area (Å²) in [6, 6.07) is 4.05. The first kappa shape index (κ1) is 14.4. The molecule has 0 bridgehead atoms. The molecular weight excluding hydrogens is 278 g/mol. The number of nitrogens with one attached hydrogen (secondary N) is 1. The molecule has 0 unspecified atom stereocenters. The predicted molar refractivity (Wildman–Crippen MR) is 84.8 cm³/mol.